The van der Waals surface area contributed by atoms with Crippen LogP contribution in [0.3, 0.4) is 0 Å². The molecule has 20 heavy (non-hydrogen) atoms. The van der Waals surface area contributed by atoms with Crippen LogP contribution in [0.1, 0.15) is 5.56 Å². The van der Waals surface area contributed by atoms with E-state index in [2.05, 4.69) is 20.7 Å². The number of hydrogen-bond acceptors (Lipinski definition) is 3. The van der Waals surface area contributed by atoms with Crippen LogP contribution in [-0.4, -0.2) is 8.42 Å². The molecule has 2 rings (SSSR count). The third-order valence-corrected chi connectivity index (χ3v) is 4.47. The van der Waals surface area contributed by atoms with Crippen molar-refractivity contribution < 1.29 is 12.8 Å². The Balaban J connectivity index is 2.19. The molecule has 2 aromatic rings. The summed E-state index contributed by atoms with van der Waals surface area (Å²) in [5.41, 5.74) is 6.86. The van der Waals surface area contributed by atoms with Crippen molar-refractivity contribution in [2.24, 2.45) is 0 Å². The lowest BCUT2D eigenvalue weighted by Gasteiger charge is -2.10. The average molecular weight is 359 g/mol. The van der Waals surface area contributed by atoms with Gasteiger partial charge in [0.15, 0.2) is 0 Å². The molecule has 0 aliphatic carbocycles. The van der Waals surface area contributed by atoms with Gasteiger partial charge in [-0.05, 0) is 51.8 Å². The van der Waals surface area contributed by atoms with Crippen molar-refractivity contribution in [1.82, 2.24) is 0 Å². The van der Waals surface area contributed by atoms with E-state index in [1.54, 1.807) is 24.3 Å². The van der Waals surface area contributed by atoms with Crippen molar-refractivity contribution in [3.63, 3.8) is 0 Å². The molecule has 0 aromatic heterocycles. The molecule has 0 fully saturated rings. The van der Waals surface area contributed by atoms with E-state index in [9.17, 15) is 12.8 Å². The Labute approximate surface area is 125 Å². The Hall–Kier alpha value is -1.60. The van der Waals surface area contributed by atoms with E-state index in [1.807, 2.05) is 0 Å². The number of hydrogen-bond donors (Lipinski definition) is 2. The van der Waals surface area contributed by atoms with E-state index in [4.69, 9.17) is 5.73 Å². The highest BCUT2D eigenvalue weighted by Gasteiger charge is 2.14. The summed E-state index contributed by atoms with van der Waals surface area (Å²) < 4.78 is 40.0. The molecule has 0 aliphatic rings. The van der Waals surface area contributed by atoms with Gasteiger partial charge in [0.25, 0.3) is 0 Å². The predicted molar refractivity (Wildman–Crippen MR) is 81.2 cm³/mol. The van der Waals surface area contributed by atoms with Crippen LogP contribution >= 0.6 is 15.9 Å². The Morgan fingerprint density at radius 2 is 1.80 bits per heavy atom. The maximum atomic E-state index is 13.1. The van der Waals surface area contributed by atoms with Crippen molar-refractivity contribution in [3.05, 3.63) is 58.3 Å². The summed E-state index contributed by atoms with van der Waals surface area (Å²) in [4.78, 5) is 0. The number of nitrogens with one attached hydrogen (secondary N) is 1. The van der Waals surface area contributed by atoms with Gasteiger partial charge in [-0.2, -0.15) is 0 Å². The summed E-state index contributed by atoms with van der Waals surface area (Å²) in [5, 5.41) is 0. The molecule has 0 radical (unpaired) electrons. The fraction of sp³-hybridized carbons (Fsp3) is 0.0769. The average Bonchev–Trinajstić information content (AvgIpc) is 2.36. The Kier molecular flexibility index (Phi) is 4.29. The first-order valence-corrected chi connectivity index (χ1v) is 8.10. The second-order valence-corrected chi connectivity index (χ2v) is 6.80. The van der Waals surface area contributed by atoms with Gasteiger partial charge in [-0.3, -0.25) is 4.72 Å². The molecule has 0 saturated carbocycles. The summed E-state index contributed by atoms with van der Waals surface area (Å²) in [6, 6.07) is 10.3. The first kappa shape index (κ1) is 14.8. The van der Waals surface area contributed by atoms with Crippen LogP contribution in [0.4, 0.5) is 15.8 Å². The second kappa shape index (κ2) is 5.80. The molecule has 0 amide bonds. The van der Waals surface area contributed by atoms with E-state index in [0.29, 0.717) is 15.7 Å². The van der Waals surface area contributed by atoms with Crippen molar-refractivity contribution >= 4 is 37.3 Å². The van der Waals surface area contributed by atoms with Gasteiger partial charge in [-0.25, -0.2) is 12.8 Å². The fourth-order valence-electron chi connectivity index (χ4n) is 1.61. The smallest absolute Gasteiger partial charge is 0.236 e. The maximum absolute atomic E-state index is 13.1. The predicted octanol–water partition coefficient (Wildman–Crippen LogP) is 3.11. The molecular formula is C13H12BrFN2O2S. The Morgan fingerprint density at radius 1 is 1.15 bits per heavy atom. The molecule has 0 unspecified atom stereocenters. The van der Waals surface area contributed by atoms with Crippen molar-refractivity contribution in [2.45, 2.75) is 5.75 Å². The van der Waals surface area contributed by atoms with Crippen LogP contribution < -0.4 is 10.5 Å². The molecule has 0 spiro atoms. The number of sulfonamides is 1. The van der Waals surface area contributed by atoms with Crippen molar-refractivity contribution in [1.29, 1.82) is 0 Å². The highest BCUT2D eigenvalue weighted by molar-refractivity contribution is 9.10. The number of rotatable bonds is 4. The minimum Gasteiger partial charge on any atom is -0.399 e. The Morgan fingerprint density at radius 3 is 2.45 bits per heavy atom. The molecule has 0 aliphatic heterocycles. The van der Waals surface area contributed by atoms with Crippen LogP contribution in [0.25, 0.3) is 0 Å². The molecule has 3 N–H and O–H groups in total. The van der Waals surface area contributed by atoms with Gasteiger partial charge in [0.05, 0.1) is 11.4 Å². The molecule has 4 nitrogen and oxygen atoms in total. The summed E-state index contributed by atoms with van der Waals surface area (Å²) in [5.74, 6) is -0.727. The molecule has 106 valence electrons. The lowest BCUT2D eigenvalue weighted by molar-refractivity contribution is 0.600. The fourth-order valence-corrected chi connectivity index (χ4v) is 3.30. The van der Waals surface area contributed by atoms with E-state index in [0.717, 1.165) is 6.07 Å². The molecular weight excluding hydrogens is 347 g/mol. The monoisotopic (exact) mass is 358 g/mol. The van der Waals surface area contributed by atoms with Crippen LogP contribution in [-0.2, 0) is 15.8 Å². The molecule has 0 bridgehead atoms. The van der Waals surface area contributed by atoms with E-state index < -0.39 is 15.8 Å². The highest BCUT2D eigenvalue weighted by Crippen LogP contribution is 2.24. The Bertz CT molecular complexity index is 718. The van der Waals surface area contributed by atoms with Crippen LogP contribution in [0.2, 0.25) is 0 Å². The van der Waals surface area contributed by atoms with Gasteiger partial charge in [-0.15, -0.1) is 0 Å². The van der Waals surface area contributed by atoms with Crippen molar-refractivity contribution in [2.75, 3.05) is 10.5 Å². The zero-order valence-corrected chi connectivity index (χ0v) is 12.7. The van der Waals surface area contributed by atoms with Gasteiger partial charge in [0, 0.05) is 10.2 Å². The van der Waals surface area contributed by atoms with E-state index in [-0.39, 0.29) is 11.4 Å². The highest BCUT2D eigenvalue weighted by atomic mass is 79.9. The van der Waals surface area contributed by atoms with Crippen molar-refractivity contribution in [3.8, 4) is 0 Å². The first-order valence-electron chi connectivity index (χ1n) is 5.66. The van der Waals surface area contributed by atoms with E-state index in [1.165, 1.54) is 12.1 Å². The zero-order valence-electron chi connectivity index (χ0n) is 10.3. The summed E-state index contributed by atoms with van der Waals surface area (Å²) >= 11 is 3.17. The van der Waals surface area contributed by atoms with Gasteiger partial charge in [0.2, 0.25) is 10.0 Å². The third-order valence-electron chi connectivity index (χ3n) is 2.53. The molecule has 7 heteroatoms. The maximum Gasteiger partial charge on any atom is 0.236 e. The second-order valence-electron chi connectivity index (χ2n) is 4.23. The number of benzene rings is 2. The summed E-state index contributed by atoms with van der Waals surface area (Å²) in [6.07, 6.45) is 0. The molecule has 0 heterocycles. The van der Waals surface area contributed by atoms with Crippen LogP contribution in [0.5, 0.6) is 0 Å². The number of halogens is 2. The summed E-state index contributed by atoms with van der Waals surface area (Å²) in [6.45, 7) is 0. The van der Waals surface area contributed by atoms with Gasteiger partial charge < -0.3 is 5.73 Å². The minimum atomic E-state index is -3.63. The molecule has 0 atom stereocenters. The lowest BCUT2D eigenvalue weighted by atomic mass is 10.2. The normalized spacial score (nSPS) is 11.3. The third kappa shape index (κ3) is 3.94. The standard InChI is InChI=1S/C13H12BrFN2O2S/c14-12-6-3-10(15)7-13(12)17-20(18,19)8-9-1-4-11(16)5-2-9/h1-7,17H,8,16H2. The number of nitrogen functional groups attached to an aromatic ring is 1. The number of anilines is 2. The van der Waals surface area contributed by atoms with Gasteiger partial charge in [-0.1, -0.05) is 12.1 Å². The first-order chi connectivity index (χ1) is 9.35. The number of nitrogens with two attached hydrogens (primary N) is 1. The zero-order chi connectivity index (χ0) is 14.8. The molecule has 0 saturated heterocycles. The molecule has 2 aromatic carbocycles. The van der Waals surface area contributed by atoms with Gasteiger partial charge in [0.1, 0.15) is 5.82 Å². The summed E-state index contributed by atoms with van der Waals surface area (Å²) in [7, 11) is -3.63. The lowest BCUT2D eigenvalue weighted by Crippen LogP contribution is -2.15. The minimum absolute atomic E-state index is 0.167. The topological polar surface area (TPSA) is 72.2 Å². The van der Waals surface area contributed by atoms with Crippen LogP contribution in [0, 0.1) is 5.82 Å². The quantitative estimate of drug-likeness (QED) is 0.824. The SMILES string of the molecule is Nc1ccc(CS(=O)(=O)Nc2cc(F)ccc2Br)cc1. The van der Waals surface area contributed by atoms with Crippen LogP contribution in [0.15, 0.2) is 46.9 Å². The van der Waals surface area contributed by atoms with Gasteiger partial charge >= 0.3 is 0 Å². The van der Waals surface area contributed by atoms with E-state index >= 15 is 0 Å². The largest absolute Gasteiger partial charge is 0.399 e.